The Morgan fingerprint density at radius 1 is 1.28 bits per heavy atom. The van der Waals surface area contributed by atoms with Gasteiger partial charge in [0.25, 0.3) is 0 Å². The molecule has 0 spiro atoms. The number of hydrogen-bond donors (Lipinski definition) is 1. The standard InChI is InChI=1S/C15H19NO2/c1-11(17)16-15(12-7-3-2-4-8-12)13-9-5-6-10-14(13)18/h2-4,7-8,13,15H,5-6,9-10H2,1H3,(H,16,17)/t13?,15-/m1/s1. The van der Waals surface area contributed by atoms with Gasteiger partial charge in [0, 0.05) is 19.3 Å². The Labute approximate surface area is 108 Å². The van der Waals surface area contributed by atoms with Gasteiger partial charge in [0.2, 0.25) is 5.91 Å². The molecule has 2 rings (SSSR count). The molecule has 1 amide bonds. The molecule has 2 atom stereocenters. The van der Waals surface area contributed by atoms with E-state index in [0.29, 0.717) is 6.42 Å². The lowest BCUT2D eigenvalue weighted by atomic mass is 9.80. The molecule has 0 bridgehead atoms. The van der Waals surface area contributed by atoms with Gasteiger partial charge in [-0.2, -0.15) is 0 Å². The molecule has 96 valence electrons. The molecule has 1 saturated carbocycles. The zero-order chi connectivity index (χ0) is 13.0. The molecule has 0 radical (unpaired) electrons. The van der Waals surface area contributed by atoms with E-state index >= 15 is 0 Å². The zero-order valence-corrected chi connectivity index (χ0v) is 10.7. The van der Waals surface area contributed by atoms with E-state index in [9.17, 15) is 9.59 Å². The Hall–Kier alpha value is -1.64. The van der Waals surface area contributed by atoms with Crippen molar-refractivity contribution in [1.82, 2.24) is 5.32 Å². The minimum atomic E-state index is -0.170. The van der Waals surface area contributed by atoms with Gasteiger partial charge in [0.05, 0.1) is 6.04 Å². The fourth-order valence-electron chi connectivity index (χ4n) is 2.66. The number of ketones is 1. The molecule has 1 fully saturated rings. The van der Waals surface area contributed by atoms with Crippen LogP contribution in [-0.4, -0.2) is 11.7 Å². The maximum atomic E-state index is 12.0. The molecule has 1 aliphatic rings. The number of Topliss-reactive ketones (excluding diaryl/α,β-unsaturated/α-hetero) is 1. The highest BCUT2D eigenvalue weighted by molar-refractivity contribution is 5.83. The van der Waals surface area contributed by atoms with Crippen LogP contribution in [0.1, 0.15) is 44.2 Å². The summed E-state index contributed by atoms with van der Waals surface area (Å²) < 4.78 is 0. The van der Waals surface area contributed by atoms with Crippen LogP contribution in [0.25, 0.3) is 0 Å². The molecule has 1 aromatic carbocycles. The summed E-state index contributed by atoms with van der Waals surface area (Å²) in [5.41, 5.74) is 1.02. The quantitative estimate of drug-likeness (QED) is 0.889. The summed E-state index contributed by atoms with van der Waals surface area (Å²) in [5, 5.41) is 2.94. The molecular formula is C15H19NO2. The molecular weight excluding hydrogens is 226 g/mol. The Morgan fingerprint density at radius 2 is 2.00 bits per heavy atom. The largest absolute Gasteiger partial charge is 0.349 e. The summed E-state index contributed by atoms with van der Waals surface area (Å²) in [7, 11) is 0. The van der Waals surface area contributed by atoms with E-state index in [0.717, 1.165) is 24.8 Å². The van der Waals surface area contributed by atoms with Gasteiger partial charge in [0.1, 0.15) is 5.78 Å². The lowest BCUT2D eigenvalue weighted by Crippen LogP contribution is -2.37. The molecule has 0 saturated heterocycles. The monoisotopic (exact) mass is 245 g/mol. The predicted octanol–water partition coefficient (Wildman–Crippen LogP) is 2.62. The van der Waals surface area contributed by atoms with Crippen molar-refractivity contribution in [3.8, 4) is 0 Å². The van der Waals surface area contributed by atoms with Crippen molar-refractivity contribution in [2.45, 2.75) is 38.6 Å². The van der Waals surface area contributed by atoms with E-state index in [1.165, 1.54) is 6.92 Å². The SMILES string of the molecule is CC(=O)N[C@H](c1ccccc1)C1CCCCC1=O. The number of carbonyl (C=O) groups excluding carboxylic acids is 2. The van der Waals surface area contributed by atoms with E-state index < -0.39 is 0 Å². The lowest BCUT2D eigenvalue weighted by Gasteiger charge is -2.29. The first-order valence-corrected chi connectivity index (χ1v) is 6.53. The highest BCUT2D eigenvalue weighted by Crippen LogP contribution is 2.32. The number of amides is 1. The van der Waals surface area contributed by atoms with Crippen molar-refractivity contribution in [1.29, 1.82) is 0 Å². The lowest BCUT2D eigenvalue weighted by molar-refractivity contribution is -0.126. The van der Waals surface area contributed by atoms with Crippen LogP contribution in [-0.2, 0) is 9.59 Å². The Balaban J connectivity index is 2.24. The molecule has 1 N–H and O–H groups in total. The number of benzene rings is 1. The Kier molecular flexibility index (Phi) is 4.13. The summed E-state index contributed by atoms with van der Waals surface area (Å²) in [4.78, 5) is 23.4. The first-order chi connectivity index (χ1) is 8.68. The highest BCUT2D eigenvalue weighted by Gasteiger charge is 2.31. The molecule has 0 heterocycles. The molecule has 1 unspecified atom stereocenters. The van der Waals surface area contributed by atoms with Crippen molar-refractivity contribution in [3.63, 3.8) is 0 Å². The van der Waals surface area contributed by atoms with Crippen LogP contribution < -0.4 is 5.32 Å². The Bertz CT molecular complexity index is 427. The smallest absolute Gasteiger partial charge is 0.217 e. The second-order valence-corrected chi connectivity index (χ2v) is 4.91. The third-order valence-electron chi connectivity index (χ3n) is 3.52. The highest BCUT2D eigenvalue weighted by atomic mass is 16.1. The van der Waals surface area contributed by atoms with Gasteiger partial charge < -0.3 is 5.32 Å². The van der Waals surface area contributed by atoms with E-state index in [-0.39, 0.29) is 23.7 Å². The first kappa shape index (κ1) is 12.8. The van der Waals surface area contributed by atoms with Gasteiger partial charge in [0.15, 0.2) is 0 Å². The summed E-state index contributed by atoms with van der Waals surface area (Å²) in [6.45, 7) is 1.50. The number of hydrogen-bond acceptors (Lipinski definition) is 2. The second kappa shape index (κ2) is 5.80. The van der Waals surface area contributed by atoms with Gasteiger partial charge >= 0.3 is 0 Å². The average Bonchev–Trinajstić information content (AvgIpc) is 2.38. The topological polar surface area (TPSA) is 46.2 Å². The van der Waals surface area contributed by atoms with Crippen LogP contribution in [0.15, 0.2) is 30.3 Å². The van der Waals surface area contributed by atoms with Gasteiger partial charge in [-0.3, -0.25) is 9.59 Å². The van der Waals surface area contributed by atoms with Crippen molar-refractivity contribution < 1.29 is 9.59 Å². The van der Waals surface area contributed by atoms with Gasteiger partial charge in [-0.25, -0.2) is 0 Å². The molecule has 3 nitrogen and oxygen atoms in total. The van der Waals surface area contributed by atoms with E-state index in [1.54, 1.807) is 0 Å². The van der Waals surface area contributed by atoms with Crippen LogP contribution in [0.3, 0.4) is 0 Å². The predicted molar refractivity (Wildman–Crippen MR) is 70.0 cm³/mol. The maximum Gasteiger partial charge on any atom is 0.217 e. The number of carbonyl (C=O) groups is 2. The molecule has 3 heteroatoms. The maximum absolute atomic E-state index is 12.0. The summed E-state index contributed by atoms with van der Waals surface area (Å²) in [5.74, 6) is 0.135. The third kappa shape index (κ3) is 2.97. The van der Waals surface area contributed by atoms with Crippen LogP contribution in [0.4, 0.5) is 0 Å². The Morgan fingerprint density at radius 3 is 2.61 bits per heavy atom. The van der Waals surface area contributed by atoms with Crippen molar-refractivity contribution in [2.24, 2.45) is 5.92 Å². The van der Waals surface area contributed by atoms with Gasteiger partial charge in [-0.1, -0.05) is 36.8 Å². The van der Waals surface area contributed by atoms with Crippen molar-refractivity contribution in [2.75, 3.05) is 0 Å². The molecule has 0 aliphatic heterocycles. The van der Waals surface area contributed by atoms with Crippen LogP contribution >= 0.6 is 0 Å². The number of rotatable bonds is 3. The average molecular weight is 245 g/mol. The van der Waals surface area contributed by atoms with Gasteiger partial charge in [-0.05, 0) is 18.4 Å². The van der Waals surface area contributed by atoms with Crippen molar-refractivity contribution in [3.05, 3.63) is 35.9 Å². The summed E-state index contributed by atoms with van der Waals surface area (Å²) >= 11 is 0. The van der Waals surface area contributed by atoms with E-state index in [4.69, 9.17) is 0 Å². The fraction of sp³-hybridized carbons (Fsp3) is 0.467. The minimum absolute atomic E-state index is 0.0648. The van der Waals surface area contributed by atoms with Crippen LogP contribution in [0.2, 0.25) is 0 Å². The first-order valence-electron chi connectivity index (χ1n) is 6.53. The van der Waals surface area contributed by atoms with E-state index in [1.807, 2.05) is 30.3 Å². The third-order valence-corrected chi connectivity index (χ3v) is 3.52. The summed E-state index contributed by atoms with van der Waals surface area (Å²) in [6, 6.07) is 9.60. The van der Waals surface area contributed by atoms with Gasteiger partial charge in [-0.15, -0.1) is 0 Å². The summed E-state index contributed by atoms with van der Waals surface area (Å²) in [6.07, 6.45) is 3.57. The van der Waals surface area contributed by atoms with Crippen LogP contribution in [0.5, 0.6) is 0 Å². The molecule has 1 aromatic rings. The molecule has 1 aliphatic carbocycles. The molecule has 18 heavy (non-hydrogen) atoms. The second-order valence-electron chi connectivity index (χ2n) is 4.91. The fourth-order valence-corrected chi connectivity index (χ4v) is 2.66. The van der Waals surface area contributed by atoms with E-state index in [2.05, 4.69) is 5.32 Å². The van der Waals surface area contributed by atoms with Crippen LogP contribution in [0, 0.1) is 5.92 Å². The molecule has 0 aromatic heterocycles. The number of nitrogens with one attached hydrogen (secondary N) is 1. The normalized spacial score (nSPS) is 21.4. The zero-order valence-electron chi connectivity index (χ0n) is 10.7. The minimum Gasteiger partial charge on any atom is -0.349 e. The van der Waals surface area contributed by atoms with Crippen molar-refractivity contribution >= 4 is 11.7 Å².